The number of rotatable bonds is 16. The van der Waals surface area contributed by atoms with Crippen LogP contribution in [0.15, 0.2) is 42.5 Å². The highest BCUT2D eigenvalue weighted by Gasteiger charge is 2.13. The van der Waals surface area contributed by atoms with E-state index in [1.165, 1.54) is 18.4 Å². The fourth-order valence-corrected chi connectivity index (χ4v) is 3.44. The summed E-state index contributed by atoms with van der Waals surface area (Å²) in [6.07, 6.45) is 15.5. The second-order valence-electron chi connectivity index (χ2n) is 7.62. The van der Waals surface area contributed by atoms with Gasteiger partial charge in [-0.2, -0.15) is 0 Å². The summed E-state index contributed by atoms with van der Waals surface area (Å²) in [5, 5.41) is 19.0. The van der Waals surface area contributed by atoms with Crippen LogP contribution in [-0.2, 0) is 11.2 Å². The molecule has 0 amide bonds. The zero-order valence-corrected chi connectivity index (χ0v) is 17.0. The molecule has 1 aromatic carbocycles. The fraction of sp³-hybridized carbons (Fsp3) is 0.625. The maximum Gasteiger partial charge on any atom is 0.303 e. The number of hydrogen-bond donors (Lipinski definition) is 2. The molecule has 0 fully saturated rings. The molecule has 0 spiro atoms. The summed E-state index contributed by atoms with van der Waals surface area (Å²) in [5.41, 5.74) is 1.29. The van der Waals surface area contributed by atoms with Gasteiger partial charge in [-0.25, -0.2) is 0 Å². The number of carboxylic acid groups (broad SMARTS) is 1. The Kier molecular flexibility index (Phi) is 13.4. The minimum absolute atomic E-state index is 0.263. The van der Waals surface area contributed by atoms with E-state index in [1.807, 2.05) is 24.3 Å². The third-order valence-electron chi connectivity index (χ3n) is 5.09. The molecule has 0 heterocycles. The largest absolute Gasteiger partial charge is 0.481 e. The van der Waals surface area contributed by atoms with Crippen molar-refractivity contribution in [3.8, 4) is 0 Å². The summed E-state index contributed by atoms with van der Waals surface area (Å²) in [6, 6.07) is 10.3. The monoisotopic (exact) mass is 374 g/mol. The third kappa shape index (κ3) is 13.2. The summed E-state index contributed by atoms with van der Waals surface area (Å²) in [6.45, 7) is 2.17. The number of aliphatic carboxylic acids is 1. The number of carbonyl (C=O) groups is 1. The Morgan fingerprint density at radius 2 is 1.74 bits per heavy atom. The molecule has 0 radical (unpaired) electrons. The normalized spacial score (nSPS) is 13.7. The zero-order chi connectivity index (χ0) is 19.7. The first-order valence-corrected chi connectivity index (χ1v) is 10.7. The maximum absolute atomic E-state index is 11.1. The van der Waals surface area contributed by atoms with Crippen LogP contribution >= 0.6 is 0 Å². The van der Waals surface area contributed by atoms with Crippen LogP contribution in [0.25, 0.3) is 0 Å². The van der Waals surface area contributed by atoms with Crippen LogP contribution in [0, 0.1) is 5.92 Å². The zero-order valence-electron chi connectivity index (χ0n) is 17.0. The van der Waals surface area contributed by atoms with Crippen LogP contribution in [0.1, 0.15) is 83.1 Å². The molecule has 3 nitrogen and oxygen atoms in total. The lowest BCUT2D eigenvalue weighted by molar-refractivity contribution is -0.138. The van der Waals surface area contributed by atoms with Crippen molar-refractivity contribution in [2.75, 3.05) is 0 Å². The molecule has 0 aliphatic heterocycles. The predicted molar refractivity (Wildman–Crippen MR) is 113 cm³/mol. The topological polar surface area (TPSA) is 57.5 Å². The first-order chi connectivity index (χ1) is 13.1. The number of hydrogen-bond acceptors (Lipinski definition) is 2. The van der Waals surface area contributed by atoms with E-state index in [4.69, 9.17) is 5.11 Å². The number of aliphatic hydroxyl groups excluding tert-OH is 1. The van der Waals surface area contributed by atoms with Crippen LogP contribution in [-0.4, -0.2) is 22.3 Å². The van der Waals surface area contributed by atoms with Crippen molar-refractivity contribution in [1.82, 2.24) is 0 Å². The van der Waals surface area contributed by atoms with Gasteiger partial charge < -0.3 is 10.2 Å². The molecule has 0 bridgehead atoms. The lowest BCUT2D eigenvalue weighted by Gasteiger charge is -2.14. The second-order valence-corrected chi connectivity index (χ2v) is 7.62. The van der Waals surface area contributed by atoms with Gasteiger partial charge >= 0.3 is 5.97 Å². The Labute approximate surface area is 165 Å². The molecule has 152 valence electrons. The Balaban J connectivity index is 2.16. The molecule has 3 heteroatoms. The fourth-order valence-electron chi connectivity index (χ4n) is 3.44. The van der Waals surface area contributed by atoms with Crippen molar-refractivity contribution >= 4 is 5.97 Å². The first-order valence-electron chi connectivity index (χ1n) is 10.7. The van der Waals surface area contributed by atoms with Gasteiger partial charge in [0.05, 0.1) is 6.10 Å². The number of benzene rings is 1. The van der Waals surface area contributed by atoms with Crippen LogP contribution in [0.3, 0.4) is 0 Å². The van der Waals surface area contributed by atoms with Crippen molar-refractivity contribution in [2.24, 2.45) is 5.92 Å². The van der Waals surface area contributed by atoms with Crippen LogP contribution < -0.4 is 0 Å². The van der Waals surface area contributed by atoms with Crippen molar-refractivity contribution in [3.05, 3.63) is 48.0 Å². The van der Waals surface area contributed by atoms with Gasteiger partial charge in [-0.1, -0.05) is 81.5 Å². The predicted octanol–water partition coefficient (Wildman–Crippen LogP) is 6.16. The summed E-state index contributed by atoms with van der Waals surface area (Å²) < 4.78 is 0. The van der Waals surface area contributed by atoms with Crippen molar-refractivity contribution < 1.29 is 15.0 Å². The number of carboxylic acids is 1. The molecule has 0 aliphatic rings. The van der Waals surface area contributed by atoms with Crippen LogP contribution in [0.4, 0.5) is 0 Å². The number of aryl methyl sites for hydroxylation is 1. The molecule has 27 heavy (non-hydrogen) atoms. The molecule has 2 atom stereocenters. The van der Waals surface area contributed by atoms with Gasteiger partial charge in [0.1, 0.15) is 0 Å². The average Bonchev–Trinajstić information content (AvgIpc) is 2.65. The van der Waals surface area contributed by atoms with Gasteiger partial charge in [0.25, 0.3) is 0 Å². The van der Waals surface area contributed by atoms with E-state index in [9.17, 15) is 9.90 Å². The molecule has 0 aliphatic carbocycles. The number of allylic oxidation sites excluding steroid dienone is 1. The molecule has 2 unspecified atom stereocenters. The van der Waals surface area contributed by atoms with E-state index in [1.54, 1.807) is 0 Å². The SMILES string of the molecule is CCCCCC(O)C=CCCCCCC(CCc1ccccc1)CC(=O)O. The van der Waals surface area contributed by atoms with Gasteiger partial charge in [-0.15, -0.1) is 0 Å². The minimum atomic E-state index is -0.687. The lowest BCUT2D eigenvalue weighted by Crippen LogP contribution is -2.09. The maximum atomic E-state index is 11.1. The average molecular weight is 375 g/mol. The highest BCUT2D eigenvalue weighted by atomic mass is 16.4. The molecule has 1 rings (SSSR count). The van der Waals surface area contributed by atoms with E-state index in [0.29, 0.717) is 0 Å². The standard InChI is InChI=1S/C24H38O3/c1-2-3-8-16-23(25)17-12-6-4-5-9-15-22(20-24(26)27)19-18-21-13-10-7-11-14-21/h7,10-14,17,22-23,25H,2-6,8-9,15-16,18-20H2,1H3,(H,26,27). The van der Waals surface area contributed by atoms with Crippen molar-refractivity contribution in [3.63, 3.8) is 0 Å². The Bertz CT molecular complexity index is 510. The number of unbranched alkanes of at least 4 members (excludes halogenated alkanes) is 5. The molecule has 1 aromatic rings. The Morgan fingerprint density at radius 3 is 2.44 bits per heavy atom. The van der Waals surface area contributed by atoms with Gasteiger partial charge in [0.2, 0.25) is 0 Å². The van der Waals surface area contributed by atoms with E-state index in [2.05, 4.69) is 25.1 Å². The van der Waals surface area contributed by atoms with E-state index in [-0.39, 0.29) is 18.4 Å². The van der Waals surface area contributed by atoms with Gasteiger partial charge in [0.15, 0.2) is 0 Å². The van der Waals surface area contributed by atoms with Gasteiger partial charge in [0, 0.05) is 6.42 Å². The molecular weight excluding hydrogens is 336 g/mol. The first kappa shape index (κ1) is 23.4. The molecule has 0 saturated carbocycles. The number of aliphatic hydroxyl groups is 1. The molecular formula is C24H38O3. The van der Waals surface area contributed by atoms with Crippen molar-refractivity contribution in [1.29, 1.82) is 0 Å². The quantitative estimate of drug-likeness (QED) is 0.269. The lowest BCUT2D eigenvalue weighted by atomic mass is 9.91. The Hall–Kier alpha value is -1.61. The van der Waals surface area contributed by atoms with Gasteiger partial charge in [-0.05, 0) is 50.0 Å². The molecule has 0 saturated heterocycles. The van der Waals surface area contributed by atoms with E-state index in [0.717, 1.165) is 57.8 Å². The minimum Gasteiger partial charge on any atom is -0.481 e. The summed E-state index contributed by atoms with van der Waals surface area (Å²) in [7, 11) is 0. The smallest absolute Gasteiger partial charge is 0.303 e. The molecule has 2 N–H and O–H groups in total. The van der Waals surface area contributed by atoms with Crippen molar-refractivity contribution in [2.45, 2.75) is 90.1 Å². The Morgan fingerprint density at radius 1 is 1.00 bits per heavy atom. The highest BCUT2D eigenvalue weighted by molar-refractivity contribution is 5.67. The highest BCUT2D eigenvalue weighted by Crippen LogP contribution is 2.21. The second kappa shape index (κ2) is 15.4. The van der Waals surface area contributed by atoms with E-state index < -0.39 is 5.97 Å². The molecule has 0 aromatic heterocycles. The summed E-state index contributed by atoms with van der Waals surface area (Å²) >= 11 is 0. The van der Waals surface area contributed by atoms with Crippen LogP contribution in [0.5, 0.6) is 0 Å². The van der Waals surface area contributed by atoms with Crippen LogP contribution in [0.2, 0.25) is 0 Å². The van der Waals surface area contributed by atoms with Gasteiger partial charge in [-0.3, -0.25) is 4.79 Å². The third-order valence-corrected chi connectivity index (χ3v) is 5.09. The van der Waals surface area contributed by atoms with E-state index >= 15 is 0 Å². The summed E-state index contributed by atoms with van der Waals surface area (Å²) in [4.78, 5) is 11.1. The summed E-state index contributed by atoms with van der Waals surface area (Å²) in [5.74, 6) is -0.424.